The molecule has 0 aliphatic rings. The molecule has 0 aliphatic carbocycles. The molecule has 6 heteroatoms. The average Bonchev–Trinajstić information content (AvgIpc) is 2.41. The van der Waals surface area contributed by atoms with Crippen LogP contribution in [0.25, 0.3) is 0 Å². The maximum atomic E-state index is 11.5. The van der Waals surface area contributed by atoms with E-state index in [2.05, 4.69) is 33.9 Å². The second-order valence-corrected chi connectivity index (χ2v) is 13.6. The van der Waals surface area contributed by atoms with E-state index in [4.69, 9.17) is 9.16 Å². The first-order valence-electron chi connectivity index (χ1n) is 8.20. The molecule has 0 saturated heterocycles. The number of nitro groups is 1. The molecule has 0 N–H and O–H groups in total. The summed E-state index contributed by atoms with van der Waals surface area (Å²) in [4.78, 5) is 11.1. The molecule has 0 atom stereocenters. The molecule has 0 radical (unpaired) electrons. The molecule has 0 bridgehead atoms. The zero-order valence-electron chi connectivity index (χ0n) is 16.4. The van der Waals surface area contributed by atoms with E-state index in [9.17, 15) is 10.1 Å². The highest BCUT2D eigenvalue weighted by Gasteiger charge is 2.37. The van der Waals surface area contributed by atoms with Gasteiger partial charge in [-0.1, -0.05) is 41.5 Å². The molecule has 0 aromatic heterocycles. The lowest BCUT2D eigenvalue weighted by molar-refractivity contribution is -0.385. The Morgan fingerprint density at radius 3 is 2.04 bits per heavy atom. The monoisotopic (exact) mass is 353 g/mol. The Labute approximate surface area is 146 Å². The van der Waals surface area contributed by atoms with Gasteiger partial charge in [-0.15, -0.1) is 0 Å². The number of hydrogen-bond acceptors (Lipinski definition) is 4. The van der Waals surface area contributed by atoms with E-state index in [-0.39, 0.29) is 21.1 Å². The molecule has 1 aromatic carbocycles. The number of nitro benzene ring substituents is 1. The normalized spacial score (nSPS) is 13.0. The summed E-state index contributed by atoms with van der Waals surface area (Å²) < 4.78 is 11.6. The molecule has 24 heavy (non-hydrogen) atoms. The summed E-state index contributed by atoms with van der Waals surface area (Å²) in [6.07, 6.45) is 0. The molecule has 1 rings (SSSR count). The first-order valence-corrected chi connectivity index (χ1v) is 11.1. The fourth-order valence-electron chi connectivity index (χ4n) is 2.06. The molecule has 0 amide bonds. The van der Waals surface area contributed by atoms with Gasteiger partial charge in [0.1, 0.15) is 0 Å². The average molecular weight is 354 g/mol. The van der Waals surface area contributed by atoms with Crippen molar-refractivity contribution in [3.05, 3.63) is 33.4 Å². The van der Waals surface area contributed by atoms with Crippen molar-refractivity contribution in [1.29, 1.82) is 0 Å². The Hall–Kier alpha value is -1.40. The maximum Gasteiger partial charge on any atom is 0.311 e. The van der Waals surface area contributed by atoms with E-state index in [1.165, 1.54) is 7.11 Å². The van der Waals surface area contributed by atoms with Crippen LogP contribution in [0.15, 0.2) is 12.1 Å². The second-order valence-electron chi connectivity index (χ2n) is 8.74. The van der Waals surface area contributed by atoms with Crippen molar-refractivity contribution in [3.63, 3.8) is 0 Å². The van der Waals surface area contributed by atoms with Gasteiger partial charge >= 0.3 is 5.69 Å². The molecular weight excluding hydrogens is 322 g/mol. The van der Waals surface area contributed by atoms with Crippen LogP contribution in [0.1, 0.15) is 52.7 Å². The molecule has 0 heterocycles. The number of benzene rings is 1. The summed E-state index contributed by atoms with van der Waals surface area (Å²) in [6, 6.07) is 3.58. The van der Waals surface area contributed by atoms with Gasteiger partial charge in [0.2, 0.25) is 5.75 Å². The number of ether oxygens (including phenoxy) is 1. The van der Waals surface area contributed by atoms with Crippen LogP contribution in [0.2, 0.25) is 18.1 Å². The predicted molar refractivity (Wildman–Crippen MR) is 100 cm³/mol. The van der Waals surface area contributed by atoms with Crippen molar-refractivity contribution in [2.24, 2.45) is 0 Å². The third-order valence-electron chi connectivity index (χ3n) is 4.81. The van der Waals surface area contributed by atoms with Gasteiger partial charge in [0.15, 0.2) is 8.32 Å². The van der Waals surface area contributed by atoms with Crippen LogP contribution < -0.4 is 4.74 Å². The molecule has 5 nitrogen and oxygen atoms in total. The summed E-state index contributed by atoms with van der Waals surface area (Å²) in [6.45, 7) is 17.3. The van der Waals surface area contributed by atoms with Crippen LogP contribution in [0.5, 0.6) is 5.75 Å². The zero-order valence-corrected chi connectivity index (χ0v) is 17.4. The number of methoxy groups -OCH3 is 1. The molecular formula is C18H31NO4Si. The van der Waals surface area contributed by atoms with Crippen molar-refractivity contribution in [2.45, 2.75) is 71.7 Å². The Morgan fingerprint density at radius 2 is 1.67 bits per heavy atom. The van der Waals surface area contributed by atoms with Crippen molar-refractivity contribution in [1.82, 2.24) is 0 Å². The van der Waals surface area contributed by atoms with Gasteiger partial charge in [-0.2, -0.15) is 0 Å². The molecule has 0 aliphatic heterocycles. The van der Waals surface area contributed by atoms with Gasteiger partial charge in [0, 0.05) is 11.6 Å². The molecule has 0 spiro atoms. The summed E-state index contributed by atoms with van der Waals surface area (Å²) in [5, 5.41) is 11.5. The molecule has 0 saturated carbocycles. The van der Waals surface area contributed by atoms with Gasteiger partial charge in [-0.25, -0.2) is 0 Å². The third kappa shape index (κ3) is 4.57. The predicted octanol–water partition coefficient (Wildman–Crippen LogP) is 5.42. The molecule has 0 unspecified atom stereocenters. The lowest BCUT2D eigenvalue weighted by atomic mass is 9.85. The van der Waals surface area contributed by atoms with Crippen molar-refractivity contribution in [3.8, 4) is 5.75 Å². The molecule has 0 fully saturated rings. The Morgan fingerprint density at radius 1 is 1.12 bits per heavy atom. The van der Waals surface area contributed by atoms with Crippen LogP contribution >= 0.6 is 0 Å². The first-order chi connectivity index (χ1) is 10.7. The Bertz CT molecular complexity index is 613. The number of rotatable bonds is 5. The van der Waals surface area contributed by atoms with Crippen LogP contribution in [0.4, 0.5) is 5.69 Å². The highest BCUT2D eigenvalue weighted by Crippen LogP contribution is 2.40. The van der Waals surface area contributed by atoms with Crippen molar-refractivity contribution >= 4 is 14.0 Å². The smallest absolute Gasteiger partial charge is 0.311 e. The minimum absolute atomic E-state index is 0.00115. The van der Waals surface area contributed by atoms with E-state index in [1.807, 2.05) is 26.8 Å². The van der Waals surface area contributed by atoms with Crippen LogP contribution in [-0.4, -0.2) is 20.4 Å². The van der Waals surface area contributed by atoms with E-state index in [0.29, 0.717) is 12.4 Å². The lowest BCUT2D eigenvalue weighted by Crippen LogP contribution is -2.40. The van der Waals surface area contributed by atoms with Gasteiger partial charge in [0.05, 0.1) is 18.6 Å². The second kappa shape index (κ2) is 6.84. The zero-order chi connectivity index (χ0) is 18.9. The van der Waals surface area contributed by atoms with Gasteiger partial charge in [-0.3, -0.25) is 10.1 Å². The number of nitrogens with zero attached hydrogens (tertiary/aromatic N) is 1. The summed E-state index contributed by atoms with van der Waals surface area (Å²) >= 11 is 0. The lowest BCUT2D eigenvalue weighted by Gasteiger charge is -2.36. The highest BCUT2D eigenvalue weighted by molar-refractivity contribution is 6.74. The van der Waals surface area contributed by atoms with Gasteiger partial charge in [0.25, 0.3) is 0 Å². The number of hydrogen-bond donors (Lipinski definition) is 0. The molecule has 1 aromatic rings. The SMILES string of the molecule is COc1c(CO[Si](C)(C)C(C)(C)C)cc(C(C)(C)C)cc1[N+](=O)[O-]. The van der Waals surface area contributed by atoms with E-state index in [1.54, 1.807) is 6.07 Å². The standard InChI is InChI=1S/C18H31NO4Si/c1-17(2,3)14-10-13(12-23-24(8,9)18(4,5)6)16(22-7)15(11-14)19(20)21/h10-11H,12H2,1-9H3. The molecule has 136 valence electrons. The summed E-state index contributed by atoms with van der Waals surface area (Å²) in [5.41, 5.74) is 1.45. The Kier molecular flexibility index (Phi) is 5.88. The van der Waals surface area contributed by atoms with Crippen LogP contribution in [0, 0.1) is 10.1 Å². The minimum atomic E-state index is -1.96. The fraction of sp³-hybridized carbons (Fsp3) is 0.667. The maximum absolute atomic E-state index is 11.5. The summed E-state index contributed by atoms with van der Waals surface area (Å²) in [7, 11) is -0.489. The van der Waals surface area contributed by atoms with Crippen LogP contribution in [0.3, 0.4) is 0 Å². The van der Waals surface area contributed by atoms with Gasteiger partial charge in [-0.05, 0) is 35.2 Å². The van der Waals surface area contributed by atoms with E-state index >= 15 is 0 Å². The first kappa shape index (κ1) is 20.6. The quantitative estimate of drug-likeness (QED) is 0.403. The third-order valence-corrected chi connectivity index (χ3v) is 9.29. The van der Waals surface area contributed by atoms with E-state index < -0.39 is 8.32 Å². The summed E-state index contributed by atoms with van der Waals surface area (Å²) in [5.74, 6) is 0.298. The fourth-order valence-corrected chi connectivity index (χ4v) is 3.01. The Balaban J connectivity index is 3.35. The van der Waals surface area contributed by atoms with Crippen molar-refractivity contribution < 1.29 is 14.1 Å². The van der Waals surface area contributed by atoms with Gasteiger partial charge < -0.3 is 9.16 Å². The highest BCUT2D eigenvalue weighted by atomic mass is 28.4. The van der Waals surface area contributed by atoms with Crippen molar-refractivity contribution in [2.75, 3.05) is 7.11 Å². The topological polar surface area (TPSA) is 61.6 Å². The minimum Gasteiger partial charge on any atom is -0.490 e. The largest absolute Gasteiger partial charge is 0.490 e. The van der Waals surface area contributed by atoms with E-state index in [0.717, 1.165) is 11.1 Å². The van der Waals surface area contributed by atoms with Crippen LogP contribution in [-0.2, 0) is 16.4 Å².